The predicted octanol–water partition coefficient (Wildman–Crippen LogP) is 4.90. The lowest BCUT2D eigenvalue weighted by Crippen LogP contribution is -2.11. The molecule has 0 atom stereocenters. The van der Waals surface area contributed by atoms with Crippen molar-refractivity contribution in [2.24, 2.45) is 0 Å². The third-order valence-electron chi connectivity index (χ3n) is 3.70. The molecule has 1 heterocycles. The van der Waals surface area contributed by atoms with Gasteiger partial charge in [0.05, 0.1) is 10.7 Å². The van der Waals surface area contributed by atoms with Gasteiger partial charge in [0.15, 0.2) is 0 Å². The molecule has 130 valence electrons. The average molecular weight is 366 g/mol. The van der Waals surface area contributed by atoms with E-state index in [1.54, 1.807) is 48.7 Å². The molecule has 0 aliphatic rings. The van der Waals surface area contributed by atoms with Crippen molar-refractivity contribution in [3.63, 3.8) is 0 Å². The molecule has 0 radical (unpaired) electrons. The molecular weight excluding hydrogens is 350 g/mol. The van der Waals surface area contributed by atoms with Crippen molar-refractivity contribution >= 4 is 28.9 Å². The quantitative estimate of drug-likeness (QED) is 0.396. The number of halogens is 1. The number of aromatic nitrogens is 1. The first-order valence-corrected chi connectivity index (χ1v) is 8.35. The third-order valence-corrected chi connectivity index (χ3v) is 4.03. The summed E-state index contributed by atoms with van der Waals surface area (Å²) in [5.74, 6) is -0.947. The zero-order valence-corrected chi connectivity index (χ0v) is 14.6. The molecule has 0 bridgehead atoms. The Morgan fingerprint density at radius 3 is 2.35 bits per heavy atom. The summed E-state index contributed by atoms with van der Waals surface area (Å²) in [6.07, 6.45) is 1.54. The Bertz CT molecular complexity index is 924. The highest BCUT2D eigenvalue weighted by molar-refractivity contribution is 6.33. The number of esters is 1. The number of aliphatic hydroxyl groups excluding tert-OH is 1. The van der Waals surface area contributed by atoms with Crippen LogP contribution in [0.5, 0.6) is 0 Å². The minimum Gasteiger partial charge on any atom is -0.506 e. The molecule has 0 saturated carbocycles. The number of hydrogen-bond donors (Lipinski definition) is 1. The molecule has 0 fully saturated rings. The van der Waals surface area contributed by atoms with Crippen LogP contribution >= 0.6 is 11.6 Å². The van der Waals surface area contributed by atoms with E-state index in [2.05, 4.69) is 4.98 Å². The van der Waals surface area contributed by atoms with Gasteiger partial charge in [0, 0.05) is 11.8 Å². The minimum atomic E-state index is -0.676. The van der Waals surface area contributed by atoms with Gasteiger partial charge < -0.3 is 9.84 Å². The number of nitrogens with zero attached hydrogens (tertiary/aromatic N) is 1. The summed E-state index contributed by atoms with van der Waals surface area (Å²) in [7, 11) is 0. The van der Waals surface area contributed by atoms with Gasteiger partial charge in [0.1, 0.15) is 17.9 Å². The van der Waals surface area contributed by atoms with E-state index in [0.29, 0.717) is 16.3 Å². The van der Waals surface area contributed by atoms with Crippen LogP contribution in [0.3, 0.4) is 0 Å². The number of hydrogen-bond acceptors (Lipinski definition) is 4. The SMILES string of the molecule is O=C(OCc1ccccc1)/C(=C(/O)c1ccccc1Cl)c1ccccn1. The van der Waals surface area contributed by atoms with E-state index in [1.165, 1.54) is 0 Å². The van der Waals surface area contributed by atoms with Crippen molar-refractivity contribution in [1.82, 2.24) is 4.98 Å². The van der Waals surface area contributed by atoms with Crippen molar-refractivity contribution in [1.29, 1.82) is 0 Å². The van der Waals surface area contributed by atoms with Crippen LogP contribution in [0, 0.1) is 0 Å². The van der Waals surface area contributed by atoms with E-state index in [4.69, 9.17) is 16.3 Å². The van der Waals surface area contributed by atoms with Crippen LogP contribution in [0.2, 0.25) is 5.02 Å². The fraction of sp³-hybridized carbons (Fsp3) is 0.0476. The number of pyridine rings is 1. The first-order valence-electron chi connectivity index (χ1n) is 7.97. The molecule has 1 N–H and O–H groups in total. The number of rotatable bonds is 5. The first-order chi connectivity index (χ1) is 12.7. The van der Waals surface area contributed by atoms with Crippen molar-refractivity contribution in [3.8, 4) is 0 Å². The second-order valence-electron chi connectivity index (χ2n) is 5.48. The Labute approximate surface area is 156 Å². The molecule has 0 aliphatic carbocycles. The summed E-state index contributed by atoms with van der Waals surface area (Å²) in [5, 5.41) is 11.1. The van der Waals surface area contributed by atoms with E-state index in [-0.39, 0.29) is 17.9 Å². The second kappa shape index (κ2) is 8.32. The molecular formula is C21H16ClNO3. The lowest BCUT2D eigenvalue weighted by atomic mass is 10.0. The van der Waals surface area contributed by atoms with Crippen LogP contribution in [-0.4, -0.2) is 16.1 Å². The van der Waals surface area contributed by atoms with Gasteiger partial charge in [0.25, 0.3) is 0 Å². The fourth-order valence-corrected chi connectivity index (χ4v) is 2.64. The summed E-state index contributed by atoms with van der Waals surface area (Å²) >= 11 is 6.16. The van der Waals surface area contributed by atoms with Crippen LogP contribution in [-0.2, 0) is 16.1 Å². The maximum Gasteiger partial charge on any atom is 0.344 e. The van der Waals surface area contributed by atoms with Gasteiger partial charge in [-0.1, -0.05) is 60.1 Å². The lowest BCUT2D eigenvalue weighted by molar-refractivity contribution is -0.137. The van der Waals surface area contributed by atoms with Gasteiger partial charge >= 0.3 is 5.97 Å². The highest BCUT2D eigenvalue weighted by Gasteiger charge is 2.22. The fourth-order valence-electron chi connectivity index (χ4n) is 2.42. The number of benzene rings is 2. The van der Waals surface area contributed by atoms with E-state index in [0.717, 1.165) is 5.56 Å². The predicted molar refractivity (Wildman–Crippen MR) is 101 cm³/mol. The Kier molecular flexibility index (Phi) is 5.66. The topological polar surface area (TPSA) is 59.4 Å². The Morgan fingerprint density at radius 2 is 1.65 bits per heavy atom. The molecule has 0 aliphatic heterocycles. The zero-order valence-electron chi connectivity index (χ0n) is 13.8. The third kappa shape index (κ3) is 4.10. The molecule has 2 aromatic carbocycles. The van der Waals surface area contributed by atoms with Gasteiger partial charge in [0.2, 0.25) is 0 Å². The number of carbonyl (C=O) groups is 1. The molecule has 0 amide bonds. The number of ether oxygens (including phenoxy) is 1. The lowest BCUT2D eigenvalue weighted by Gasteiger charge is -2.12. The van der Waals surface area contributed by atoms with Crippen LogP contribution in [0.4, 0.5) is 0 Å². The summed E-state index contributed by atoms with van der Waals surface area (Å²) < 4.78 is 5.39. The van der Waals surface area contributed by atoms with Crippen LogP contribution < -0.4 is 0 Å². The largest absolute Gasteiger partial charge is 0.506 e. The zero-order chi connectivity index (χ0) is 18.4. The van der Waals surface area contributed by atoms with Gasteiger partial charge in [-0.25, -0.2) is 4.79 Å². The minimum absolute atomic E-state index is 0.0327. The summed E-state index contributed by atoms with van der Waals surface area (Å²) in [6, 6.07) is 21.1. The smallest absolute Gasteiger partial charge is 0.344 e. The van der Waals surface area contributed by atoms with Crippen LogP contribution in [0.1, 0.15) is 16.8 Å². The summed E-state index contributed by atoms with van der Waals surface area (Å²) in [6.45, 7) is 0.0891. The standard InChI is InChI=1S/C21H16ClNO3/c22-17-11-5-4-10-16(17)20(24)19(18-12-6-7-13-23-18)21(25)26-14-15-8-2-1-3-9-15/h1-13,24H,14H2/b20-19+. The Balaban J connectivity index is 1.97. The molecule has 0 spiro atoms. The van der Waals surface area contributed by atoms with Crippen LogP contribution in [0.25, 0.3) is 11.3 Å². The van der Waals surface area contributed by atoms with Crippen LogP contribution in [0.15, 0.2) is 79.0 Å². The molecule has 26 heavy (non-hydrogen) atoms. The number of aliphatic hydroxyl groups is 1. The molecule has 4 nitrogen and oxygen atoms in total. The van der Waals surface area contributed by atoms with Gasteiger partial charge in [-0.3, -0.25) is 4.98 Å². The van der Waals surface area contributed by atoms with Crippen molar-refractivity contribution < 1.29 is 14.6 Å². The van der Waals surface area contributed by atoms with Crippen molar-refractivity contribution in [2.75, 3.05) is 0 Å². The van der Waals surface area contributed by atoms with E-state index in [9.17, 15) is 9.90 Å². The maximum atomic E-state index is 12.7. The molecule has 3 aromatic rings. The highest BCUT2D eigenvalue weighted by atomic mass is 35.5. The monoisotopic (exact) mass is 365 g/mol. The molecule has 5 heteroatoms. The number of carbonyl (C=O) groups excluding carboxylic acids is 1. The van der Waals surface area contributed by atoms with Gasteiger partial charge in [-0.2, -0.15) is 0 Å². The summed E-state index contributed by atoms with van der Waals surface area (Å²) in [5.41, 5.74) is 1.46. The summed E-state index contributed by atoms with van der Waals surface area (Å²) in [4.78, 5) is 16.9. The maximum absolute atomic E-state index is 12.7. The first kappa shape index (κ1) is 17.7. The average Bonchev–Trinajstić information content (AvgIpc) is 2.68. The molecule has 0 unspecified atom stereocenters. The van der Waals surface area contributed by atoms with Crippen molar-refractivity contribution in [2.45, 2.75) is 6.61 Å². The van der Waals surface area contributed by atoms with Gasteiger partial charge in [-0.15, -0.1) is 0 Å². The van der Waals surface area contributed by atoms with Gasteiger partial charge in [-0.05, 0) is 29.8 Å². The Morgan fingerprint density at radius 1 is 0.962 bits per heavy atom. The normalized spacial score (nSPS) is 11.6. The van der Waals surface area contributed by atoms with E-state index >= 15 is 0 Å². The second-order valence-corrected chi connectivity index (χ2v) is 5.89. The Hall–Kier alpha value is -3.11. The molecule has 0 saturated heterocycles. The van der Waals surface area contributed by atoms with E-state index < -0.39 is 5.97 Å². The van der Waals surface area contributed by atoms with Crippen molar-refractivity contribution in [3.05, 3.63) is 101 Å². The highest BCUT2D eigenvalue weighted by Crippen LogP contribution is 2.29. The molecule has 1 aromatic heterocycles. The molecule has 3 rings (SSSR count). The van der Waals surface area contributed by atoms with E-state index in [1.807, 2.05) is 30.3 Å².